The molecule has 0 radical (unpaired) electrons. The molecule has 1 aliphatic heterocycles. The van der Waals surface area contributed by atoms with Gasteiger partial charge in [-0.05, 0) is 19.8 Å². The molecule has 3 amide bonds. The van der Waals surface area contributed by atoms with Gasteiger partial charge < -0.3 is 14.7 Å². The SMILES string of the molecule is CCN(C[C@@H]1CCCN1C=O)C(=O)N(C)C. The van der Waals surface area contributed by atoms with Crippen molar-refractivity contribution in [3.8, 4) is 0 Å². The number of carbonyl (C=O) groups excluding carboxylic acids is 2. The van der Waals surface area contributed by atoms with E-state index in [1.807, 2.05) is 6.92 Å². The van der Waals surface area contributed by atoms with Gasteiger partial charge in [0.05, 0.1) is 0 Å². The molecule has 0 N–H and O–H groups in total. The van der Waals surface area contributed by atoms with Gasteiger partial charge in [-0.25, -0.2) is 4.79 Å². The predicted octanol–water partition coefficient (Wildman–Crippen LogP) is 0.611. The molecule has 0 spiro atoms. The van der Waals surface area contributed by atoms with E-state index in [-0.39, 0.29) is 12.1 Å². The van der Waals surface area contributed by atoms with Crippen LogP contribution in [0.4, 0.5) is 4.79 Å². The number of rotatable bonds is 4. The van der Waals surface area contributed by atoms with E-state index < -0.39 is 0 Å². The summed E-state index contributed by atoms with van der Waals surface area (Å²) in [6, 6.07) is 0.210. The Bertz CT molecular complexity index is 256. The van der Waals surface area contributed by atoms with Crippen LogP contribution < -0.4 is 0 Å². The molecular formula is C11H21N3O2. The lowest BCUT2D eigenvalue weighted by Crippen LogP contribution is -2.46. The number of likely N-dealkylation sites (tertiary alicyclic amines) is 1. The molecule has 1 fully saturated rings. The summed E-state index contributed by atoms with van der Waals surface area (Å²) >= 11 is 0. The molecule has 5 heteroatoms. The van der Waals surface area contributed by atoms with Crippen LogP contribution in [0.15, 0.2) is 0 Å². The highest BCUT2D eigenvalue weighted by Gasteiger charge is 2.26. The predicted molar refractivity (Wildman–Crippen MR) is 62.1 cm³/mol. The fourth-order valence-electron chi connectivity index (χ4n) is 2.07. The number of hydrogen-bond donors (Lipinski definition) is 0. The van der Waals surface area contributed by atoms with E-state index in [0.717, 1.165) is 25.8 Å². The number of amides is 3. The summed E-state index contributed by atoms with van der Waals surface area (Å²) < 4.78 is 0. The molecule has 0 saturated carbocycles. The third kappa shape index (κ3) is 2.87. The van der Waals surface area contributed by atoms with Gasteiger partial charge in [0.25, 0.3) is 0 Å². The summed E-state index contributed by atoms with van der Waals surface area (Å²) in [6.07, 6.45) is 2.93. The zero-order valence-corrected chi connectivity index (χ0v) is 10.3. The first-order chi connectivity index (χ1) is 7.60. The van der Waals surface area contributed by atoms with E-state index in [4.69, 9.17) is 0 Å². The van der Waals surface area contributed by atoms with Gasteiger partial charge in [-0.1, -0.05) is 0 Å². The molecule has 0 aromatic carbocycles. The molecule has 1 aliphatic rings. The third-order valence-corrected chi connectivity index (χ3v) is 3.02. The highest BCUT2D eigenvalue weighted by atomic mass is 16.2. The highest BCUT2D eigenvalue weighted by molar-refractivity contribution is 5.73. The molecular weight excluding hydrogens is 206 g/mol. The molecule has 0 unspecified atom stereocenters. The maximum atomic E-state index is 11.8. The van der Waals surface area contributed by atoms with E-state index in [1.54, 1.807) is 28.8 Å². The van der Waals surface area contributed by atoms with E-state index in [9.17, 15) is 9.59 Å². The maximum Gasteiger partial charge on any atom is 0.319 e. The molecule has 1 heterocycles. The smallest absolute Gasteiger partial charge is 0.319 e. The summed E-state index contributed by atoms with van der Waals surface area (Å²) in [5, 5.41) is 0. The van der Waals surface area contributed by atoms with Crippen molar-refractivity contribution in [1.29, 1.82) is 0 Å². The highest BCUT2D eigenvalue weighted by Crippen LogP contribution is 2.16. The fraction of sp³-hybridized carbons (Fsp3) is 0.818. The Labute approximate surface area is 97.0 Å². The van der Waals surface area contributed by atoms with E-state index >= 15 is 0 Å². The molecule has 1 saturated heterocycles. The van der Waals surface area contributed by atoms with Crippen molar-refractivity contribution in [1.82, 2.24) is 14.7 Å². The minimum Gasteiger partial charge on any atom is -0.340 e. The van der Waals surface area contributed by atoms with Crippen LogP contribution in [0.1, 0.15) is 19.8 Å². The molecule has 0 aromatic rings. The molecule has 16 heavy (non-hydrogen) atoms. The van der Waals surface area contributed by atoms with Crippen LogP contribution in [0.2, 0.25) is 0 Å². The normalized spacial score (nSPS) is 19.7. The van der Waals surface area contributed by atoms with Crippen molar-refractivity contribution < 1.29 is 9.59 Å². The zero-order chi connectivity index (χ0) is 12.1. The van der Waals surface area contributed by atoms with Crippen LogP contribution in [0, 0.1) is 0 Å². The van der Waals surface area contributed by atoms with Crippen molar-refractivity contribution in [2.24, 2.45) is 0 Å². The Hall–Kier alpha value is -1.26. The lowest BCUT2D eigenvalue weighted by molar-refractivity contribution is -0.119. The van der Waals surface area contributed by atoms with Crippen LogP contribution in [-0.2, 0) is 4.79 Å². The molecule has 92 valence electrons. The van der Waals surface area contributed by atoms with Crippen molar-refractivity contribution in [2.45, 2.75) is 25.8 Å². The minimum absolute atomic E-state index is 0.0141. The number of hydrogen-bond acceptors (Lipinski definition) is 2. The van der Waals surface area contributed by atoms with Gasteiger partial charge in [-0.3, -0.25) is 4.79 Å². The second kappa shape index (κ2) is 5.72. The molecule has 1 atom stereocenters. The van der Waals surface area contributed by atoms with E-state index in [0.29, 0.717) is 13.1 Å². The molecule has 0 aliphatic carbocycles. The van der Waals surface area contributed by atoms with E-state index in [1.165, 1.54) is 0 Å². The number of likely N-dealkylation sites (N-methyl/N-ethyl adjacent to an activating group) is 1. The lowest BCUT2D eigenvalue weighted by atomic mass is 10.2. The molecule has 0 aromatic heterocycles. The Morgan fingerprint density at radius 2 is 2.19 bits per heavy atom. The number of nitrogens with zero attached hydrogens (tertiary/aromatic N) is 3. The average Bonchev–Trinajstić information content (AvgIpc) is 2.71. The van der Waals surface area contributed by atoms with Gasteiger partial charge in [0.15, 0.2) is 0 Å². The molecule has 1 rings (SSSR count). The Kier molecular flexibility index (Phi) is 4.58. The average molecular weight is 227 g/mol. The van der Waals surface area contributed by atoms with Crippen LogP contribution in [-0.4, -0.2) is 66.9 Å². The lowest BCUT2D eigenvalue weighted by Gasteiger charge is -2.30. The minimum atomic E-state index is 0.0141. The van der Waals surface area contributed by atoms with Gasteiger partial charge in [-0.15, -0.1) is 0 Å². The van der Waals surface area contributed by atoms with Crippen molar-refractivity contribution in [3.63, 3.8) is 0 Å². The van der Waals surface area contributed by atoms with Crippen LogP contribution in [0.5, 0.6) is 0 Å². The standard InChI is InChI=1S/C11H21N3O2/c1-4-13(11(16)12(2)3)8-10-6-5-7-14(10)9-15/h9-10H,4-8H2,1-3H3/t10-/m0/s1. The summed E-state index contributed by atoms with van der Waals surface area (Å²) in [5.74, 6) is 0. The first-order valence-corrected chi connectivity index (χ1v) is 5.77. The summed E-state index contributed by atoms with van der Waals surface area (Å²) in [6.45, 7) is 4.11. The molecule has 0 bridgehead atoms. The number of carbonyl (C=O) groups is 2. The van der Waals surface area contributed by atoms with Crippen molar-refractivity contribution in [2.75, 3.05) is 33.7 Å². The Balaban J connectivity index is 2.55. The van der Waals surface area contributed by atoms with Crippen molar-refractivity contribution in [3.05, 3.63) is 0 Å². The fourth-order valence-corrected chi connectivity index (χ4v) is 2.07. The second-order valence-electron chi connectivity index (χ2n) is 4.35. The molecule has 5 nitrogen and oxygen atoms in total. The van der Waals surface area contributed by atoms with Crippen LogP contribution >= 0.6 is 0 Å². The largest absolute Gasteiger partial charge is 0.340 e. The maximum absolute atomic E-state index is 11.8. The second-order valence-corrected chi connectivity index (χ2v) is 4.35. The van der Waals surface area contributed by atoms with Gasteiger partial charge in [0.2, 0.25) is 6.41 Å². The third-order valence-electron chi connectivity index (χ3n) is 3.02. The number of urea groups is 1. The quantitative estimate of drug-likeness (QED) is 0.660. The first-order valence-electron chi connectivity index (χ1n) is 5.77. The topological polar surface area (TPSA) is 43.9 Å². The Morgan fingerprint density at radius 3 is 2.69 bits per heavy atom. The monoisotopic (exact) mass is 227 g/mol. The van der Waals surface area contributed by atoms with Crippen LogP contribution in [0.3, 0.4) is 0 Å². The first kappa shape index (κ1) is 12.8. The van der Waals surface area contributed by atoms with Gasteiger partial charge in [0, 0.05) is 39.8 Å². The van der Waals surface area contributed by atoms with Crippen LogP contribution in [0.25, 0.3) is 0 Å². The summed E-state index contributed by atoms with van der Waals surface area (Å²) in [4.78, 5) is 27.8. The van der Waals surface area contributed by atoms with Crippen molar-refractivity contribution >= 4 is 12.4 Å². The summed E-state index contributed by atoms with van der Waals surface area (Å²) in [7, 11) is 3.49. The van der Waals surface area contributed by atoms with Gasteiger partial charge >= 0.3 is 6.03 Å². The zero-order valence-electron chi connectivity index (χ0n) is 10.3. The Morgan fingerprint density at radius 1 is 1.50 bits per heavy atom. The van der Waals surface area contributed by atoms with Gasteiger partial charge in [0.1, 0.15) is 0 Å². The van der Waals surface area contributed by atoms with Gasteiger partial charge in [-0.2, -0.15) is 0 Å². The summed E-state index contributed by atoms with van der Waals surface area (Å²) in [5.41, 5.74) is 0. The van der Waals surface area contributed by atoms with E-state index in [2.05, 4.69) is 0 Å².